The molecule has 0 saturated heterocycles. The van der Waals surface area contributed by atoms with Crippen molar-refractivity contribution in [3.8, 4) is 0 Å². The normalized spacial score (nSPS) is 20.5. The minimum absolute atomic E-state index is 0.0271. The van der Waals surface area contributed by atoms with Gasteiger partial charge in [-0.2, -0.15) is 0 Å². The average Bonchev–Trinajstić information content (AvgIpc) is 3.61. The van der Waals surface area contributed by atoms with Gasteiger partial charge in [0.2, 0.25) is 11.8 Å². The lowest BCUT2D eigenvalue weighted by Gasteiger charge is -2.29. The number of rotatable bonds is 14. The predicted molar refractivity (Wildman–Crippen MR) is 188 cm³/mol. The standard InChI is InChI=1S/C38H50N4O9/c43-27-38(20-10-11-21-38)42-33(44)23-30-17-7-8-19-32(41-37(48)51-25-29-15-5-2-6-16-29)35(46)49-26-31(40-34(30)45)18-9-12-22-39-36(47)50-24-28-13-3-1-4-14-28/h1-8,13-16,30-32,43H,9-12,17-27H2,(H,39,47)(H,40,45)(H,41,48)(H,42,44)/t30-,31+,32-/m1/s1. The Morgan fingerprint density at radius 1 is 0.863 bits per heavy atom. The first-order valence-electron chi connectivity index (χ1n) is 17.7. The van der Waals surface area contributed by atoms with Crippen molar-refractivity contribution in [1.82, 2.24) is 21.3 Å². The van der Waals surface area contributed by atoms with Crippen LogP contribution in [0.1, 0.15) is 75.3 Å². The predicted octanol–water partition coefficient (Wildman–Crippen LogP) is 4.18. The Morgan fingerprint density at radius 2 is 1.49 bits per heavy atom. The second kappa shape index (κ2) is 20.7. The minimum Gasteiger partial charge on any atom is -0.462 e. The Balaban J connectivity index is 1.35. The number of alkyl carbamates (subject to hydrolysis) is 2. The van der Waals surface area contributed by atoms with Crippen LogP contribution in [0.5, 0.6) is 0 Å². The number of allylic oxidation sites excluding steroid dienone is 1. The van der Waals surface area contributed by atoms with Crippen LogP contribution in [0.2, 0.25) is 0 Å². The van der Waals surface area contributed by atoms with E-state index in [4.69, 9.17) is 14.2 Å². The van der Waals surface area contributed by atoms with Crippen molar-refractivity contribution in [1.29, 1.82) is 0 Å². The highest BCUT2D eigenvalue weighted by Gasteiger charge is 2.36. The van der Waals surface area contributed by atoms with Crippen molar-refractivity contribution in [2.75, 3.05) is 19.8 Å². The van der Waals surface area contributed by atoms with Crippen molar-refractivity contribution in [3.05, 3.63) is 83.9 Å². The third-order valence-corrected chi connectivity index (χ3v) is 9.05. The molecule has 0 unspecified atom stereocenters. The van der Waals surface area contributed by atoms with Gasteiger partial charge in [-0.1, -0.05) is 85.7 Å². The number of amides is 4. The van der Waals surface area contributed by atoms with Crippen molar-refractivity contribution < 1.29 is 43.3 Å². The Bertz CT molecular complexity index is 1450. The number of carbonyl (C=O) groups excluding carboxylic acids is 5. The molecule has 13 heteroatoms. The van der Waals surface area contributed by atoms with E-state index >= 15 is 0 Å². The zero-order chi connectivity index (χ0) is 36.3. The average molecular weight is 707 g/mol. The Morgan fingerprint density at radius 3 is 2.14 bits per heavy atom. The third-order valence-electron chi connectivity index (χ3n) is 9.05. The number of benzene rings is 2. The number of hydrogen-bond acceptors (Lipinski definition) is 9. The Labute approximate surface area is 298 Å². The fourth-order valence-corrected chi connectivity index (χ4v) is 6.12. The molecular formula is C38H50N4O9. The van der Waals surface area contributed by atoms with Crippen molar-refractivity contribution in [2.45, 2.75) is 95.0 Å². The second-order valence-electron chi connectivity index (χ2n) is 13.1. The Kier molecular flexibility index (Phi) is 15.8. The highest BCUT2D eigenvalue weighted by Crippen LogP contribution is 2.29. The molecule has 0 spiro atoms. The molecule has 1 aliphatic carbocycles. The van der Waals surface area contributed by atoms with E-state index in [1.165, 1.54) is 0 Å². The van der Waals surface area contributed by atoms with E-state index in [2.05, 4.69) is 21.3 Å². The largest absolute Gasteiger partial charge is 0.462 e. The van der Waals surface area contributed by atoms with Gasteiger partial charge >= 0.3 is 18.2 Å². The third kappa shape index (κ3) is 13.7. The molecule has 1 saturated carbocycles. The van der Waals surface area contributed by atoms with E-state index in [0.717, 1.165) is 24.0 Å². The molecule has 1 fully saturated rings. The van der Waals surface area contributed by atoms with Gasteiger partial charge in [0.1, 0.15) is 25.9 Å². The fourth-order valence-electron chi connectivity index (χ4n) is 6.12. The van der Waals surface area contributed by atoms with Gasteiger partial charge in [-0.3, -0.25) is 9.59 Å². The summed E-state index contributed by atoms with van der Waals surface area (Å²) in [4.78, 5) is 64.6. The topological polar surface area (TPSA) is 181 Å². The molecule has 0 radical (unpaired) electrons. The number of carbonyl (C=O) groups is 5. The van der Waals surface area contributed by atoms with E-state index in [1.54, 1.807) is 12.2 Å². The molecule has 13 nitrogen and oxygen atoms in total. The number of nitrogens with one attached hydrogen (secondary N) is 4. The lowest BCUT2D eigenvalue weighted by Crippen LogP contribution is -2.50. The SMILES string of the molecule is O=C(C[C@H]1CC=CC[C@@H](NC(=O)OCc2ccccc2)C(=O)OC[C@H](CCCCNC(=O)OCc2ccccc2)NC1=O)NC1(CO)CCCC1. The van der Waals surface area contributed by atoms with E-state index in [9.17, 15) is 29.1 Å². The van der Waals surface area contributed by atoms with Crippen LogP contribution in [0.4, 0.5) is 9.59 Å². The molecule has 2 aromatic carbocycles. The van der Waals surface area contributed by atoms with Crippen LogP contribution in [0.15, 0.2) is 72.8 Å². The summed E-state index contributed by atoms with van der Waals surface area (Å²) < 4.78 is 16.2. The molecule has 51 heavy (non-hydrogen) atoms. The monoisotopic (exact) mass is 706 g/mol. The number of aliphatic hydroxyl groups is 1. The van der Waals surface area contributed by atoms with E-state index in [1.807, 2.05) is 60.7 Å². The molecular weight excluding hydrogens is 656 g/mol. The molecule has 1 heterocycles. The summed E-state index contributed by atoms with van der Waals surface area (Å²) >= 11 is 0. The van der Waals surface area contributed by atoms with Crippen LogP contribution in [-0.4, -0.2) is 72.5 Å². The number of aliphatic hydroxyl groups excluding tert-OH is 1. The lowest BCUT2D eigenvalue weighted by atomic mass is 9.95. The molecule has 3 atom stereocenters. The number of cyclic esters (lactones) is 1. The smallest absolute Gasteiger partial charge is 0.408 e. The summed E-state index contributed by atoms with van der Waals surface area (Å²) in [7, 11) is 0. The summed E-state index contributed by atoms with van der Waals surface area (Å²) in [5.74, 6) is -2.08. The van der Waals surface area contributed by atoms with Gasteiger partial charge in [0.15, 0.2) is 0 Å². The highest BCUT2D eigenvalue weighted by molar-refractivity contribution is 5.86. The molecule has 0 bridgehead atoms. The van der Waals surface area contributed by atoms with Crippen molar-refractivity contribution in [2.24, 2.45) is 5.92 Å². The van der Waals surface area contributed by atoms with Crippen LogP contribution in [-0.2, 0) is 41.8 Å². The zero-order valence-electron chi connectivity index (χ0n) is 29.0. The quantitative estimate of drug-likeness (QED) is 0.0833. The van der Waals surface area contributed by atoms with Crippen LogP contribution < -0.4 is 21.3 Å². The van der Waals surface area contributed by atoms with E-state index < -0.39 is 41.7 Å². The van der Waals surface area contributed by atoms with Gasteiger partial charge in [0, 0.05) is 13.0 Å². The molecule has 276 valence electrons. The van der Waals surface area contributed by atoms with Gasteiger partial charge in [-0.15, -0.1) is 0 Å². The van der Waals surface area contributed by atoms with Gasteiger partial charge in [-0.05, 0) is 56.1 Å². The molecule has 4 amide bonds. The lowest BCUT2D eigenvalue weighted by molar-refractivity contribution is -0.147. The summed E-state index contributed by atoms with van der Waals surface area (Å²) in [5.41, 5.74) is 1.00. The van der Waals surface area contributed by atoms with Crippen LogP contribution in [0.25, 0.3) is 0 Å². The van der Waals surface area contributed by atoms with Crippen LogP contribution in [0, 0.1) is 5.92 Å². The summed E-state index contributed by atoms with van der Waals surface area (Å²) in [5, 5.41) is 21.2. The molecule has 1 aliphatic heterocycles. The van der Waals surface area contributed by atoms with Gasteiger partial charge < -0.3 is 40.6 Å². The van der Waals surface area contributed by atoms with E-state index in [-0.39, 0.29) is 57.5 Å². The fraction of sp³-hybridized carbons (Fsp3) is 0.500. The van der Waals surface area contributed by atoms with Crippen molar-refractivity contribution in [3.63, 3.8) is 0 Å². The van der Waals surface area contributed by atoms with Crippen LogP contribution >= 0.6 is 0 Å². The van der Waals surface area contributed by atoms with Crippen LogP contribution in [0.3, 0.4) is 0 Å². The summed E-state index contributed by atoms with van der Waals surface area (Å²) in [6.45, 7) is 0.197. The number of unbranched alkanes of at least 4 members (excludes halogenated alkanes) is 1. The van der Waals surface area contributed by atoms with Gasteiger partial charge in [-0.25, -0.2) is 14.4 Å². The van der Waals surface area contributed by atoms with Gasteiger partial charge in [0.05, 0.1) is 24.1 Å². The molecule has 2 aromatic rings. The second-order valence-corrected chi connectivity index (χ2v) is 13.1. The number of esters is 1. The van der Waals surface area contributed by atoms with E-state index in [0.29, 0.717) is 38.6 Å². The maximum Gasteiger partial charge on any atom is 0.408 e. The van der Waals surface area contributed by atoms with Crippen molar-refractivity contribution >= 4 is 30.0 Å². The Hall–Kier alpha value is -4.91. The molecule has 0 aromatic heterocycles. The first kappa shape index (κ1) is 38.9. The highest BCUT2D eigenvalue weighted by atomic mass is 16.6. The minimum atomic E-state index is -1.04. The summed E-state index contributed by atoms with van der Waals surface area (Å²) in [6, 6.07) is 16.8. The molecule has 2 aliphatic rings. The summed E-state index contributed by atoms with van der Waals surface area (Å²) in [6.07, 6.45) is 7.01. The molecule has 4 rings (SSSR count). The number of hydrogen-bond donors (Lipinski definition) is 5. The van der Waals surface area contributed by atoms with Gasteiger partial charge in [0.25, 0.3) is 0 Å². The zero-order valence-corrected chi connectivity index (χ0v) is 29.0. The maximum atomic E-state index is 13.5. The maximum absolute atomic E-state index is 13.5. The number of ether oxygens (including phenoxy) is 3. The molecule has 5 N–H and O–H groups in total. The first-order chi connectivity index (χ1) is 24.7. The first-order valence-corrected chi connectivity index (χ1v) is 17.7.